The van der Waals surface area contributed by atoms with E-state index in [2.05, 4.69) is 10.2 Å². The predicted octanol–water partition coefficient (Wildman–Crippen LogP) is 3.20. The fraction of sp³-hybridized carbons (Fsp3) is 0.500. The highest BCUT2D eigenvalue weighted by Gasteiger charge is 2.18. The van der Waals surface area contributed by atoms with E-state index >= 15 is 0 Å². The molecule has 0 unspecified atom stereocenters. The Morgan fingerprint density at radius 1 is 1.14 bits per heavy atom. The second-order valence-corrected chi connectivity index (χ2v) is 6.20. The molecule has 114 valence electrons. The Bertz CT molecular complexity index is 507. The van der Waals surface area contributed by atoms with E-state index in [1.807, 2.05) is 45.0 Å². The van der Waals surface area contributed by atoms with E-state index in [0.717, 1.165) is 18.8 Å². The van der Waals surface area contributed by atoms with Crippen LogP contribution in [0.2, 0.25) is 0 Å². The van der Waals surface area contributed by atoms with Crippen molar-refractivity contribution >= 4 is 23.3 Å². The summed E-state index contributed by atoms with van der Waals surface area (Å²) in [5.74, 6) is 0.328. The number of anilines is 2. The number of ketones is 1. The van der Waals surface area contributed by atoms with E-state index in [4.69, 9.17) is 4.74 Å². The lowest BCUT2D eigenvalue weighted by Gasteiger charge is -2.28. The van der Waals surface area contributed by atoms with Crippen molar-refractivity contribution in [1.82, 2.24) is 0 Å². The van der Waals surface area contributed by atoms with Crippen molar-refractivity contribution in [3.05, 3.63) is 24.3 Å². The average molecular weight is 290 g/mol. The molecule has 1 aromatic carbocycles. The number of Topliss-reactive ketones (excluding diaryl/α,β-unsaturated/α-hetero) is 1. The molecule has 0 aromatic heterocycles. The van der Waals surface area contributed by atoms with Gasteiger partial charge in [0.25, 0.3) is 0 Å². The van der Waals surface area contributed by atoms with Gasteiger partial charge in [0.2, 0.25) is 0 Å². The molecule has 0 radical (unpaired) electrons. The largest absolute Gasteiger partial charge is 0.444 e. The van der Waals surface area contributed by atoms with Crippen LogP contribution in [-0.2, 0) is 9.53 Å². The number of nitrogens with zero attached hydrogens (tertiary/aromatic N) is 1. The van der Waals surface area contributed by atoms with Crippen LogP contribution in [0, 0.1) is 0 Å². The van der Waals surface area contributed by atoms with Crippen LogP contribution in [0.3, 0.4) is 0 Å². The molecule has 0 atom stereocenters. The van der Waals surface area contributed by atoms with Gasteiger partial charge < -0.3 is 9.64 Å². The van der Waals surface area contributed by atoms with Gasteiger partial charge in [-0.1, -0.05) is 0 Å². The summed E-state index contributed by atoms with van der Waals surface area (Å²) in [4.78, 5) is 25.1. The number of carbonyl (C=O) groups is 2. The zero-order chi connectivity index (χ0) is 15.5. The smallest absolute Gasteiger partial charge is 0.412 e. The quantitative estimate of drug-likeness (QED) is 0.908. The maximum Gasteiger partial charge on any atom is 0.412 e. The lowest BCUT2D eigenvalue weighted by atomic mass is 10.1. The van der Waals surface area contributed by atoms with Gasteiger partial charge >= 0.3 is 6.09 Å². The lowest BCUT2D eigenvalue weighted by Crippen LogP contribution is -2.33. The average Bonchev–Trinajstić information content (AvgIpc) is 2.38. The first-order chi connectivity index (χ1) is 9.83. The van der Waals surface area contributed by atoms with E-state index in [-0.39, 0.29) is 0 Å². The molecule has 1 heterocycles. The van der Waals surface area contributed by atoms with Gasteiger partial charge in [0.1, 0.15) is 11.4 Å². The first kappa shape index (κ1) is 15.4. The summed E-state index contributed by atoms with van der Waals surface area (Å²) in [6, 6.07) is 7.58. The van der Waals surface area contributed by atoms with Gasteiger partial charge in [0.15, 0.2) is 0 Å². The number of nitrogens with one attached hydrogen (secondary N) is 1. The van der Waals surface area contributed by atoms with Crippen LogP contribution in [0.4, 0.5) is 16.2 Å². The molecule has 1 amide bonds. The molecule has 0 spiro atoms. The molecule has 1 N–H and O–H groups in total. The standard InChI is InChI=1S/C16H22N2O3/c1-16(2,3)21-15(20)17-12-4-6-13(7-5-12)18-10-8-14(19)9-11-18/h4-7H,8-11H2,1-3H3,(H,17,20). The summed E-state index contributed by atoms with van der Waals surface area (Å²) < 4.78 is 5.20. The van der Waals surface area contributed by atoms with Crippen LogP contribution in [0.5, 0.6) is 0 Å². The highest BCUT2D eigenvalue weighted by Crippen LogP contribution is 2.21. The third kappa shape index (κ3) is 4.77. The summed E-state index contributed by atoms with van der Waals surface area (Å²) in [6.45, 7) is 7.00. The topological polar surface area (TPSA) is 58.6 Å². The summed E-state index contributed by atoms with van der Waals surface area (Å²) in [6.07, 6.45) is 0.759. The predicted molar refractivity (Wildman–Crippen MR) is 82.8 cm³/mol. The third-order valence-electron chi connectivity index (χ3n) is 3.20. The van der Waals surface area contributed by atoms with Crippen LogP contribution in [-0.4, -0.2) is 30.6 Å². The minimum absolute atomic E-state index is 0.328. The SMILES string of the molecule is CC(C)(C)OC(=O)Nc1ccc(N2CCC(=O)CC2)cc1. The van der Waals surface area contributed by atoms with Gasteiger partial charge in [0, 0.05) is 37.3 Å². The zero-order valence-electron chi connectivity index (χ0n) is 12.8. The molecule has 1 aromatic rings. The summed E-state index contributed by atoms with van der Waals surface area (Å²) >= 11 is 0. The second kappa shape index (κ2) is 6.16. The molecule has 1 saturated heterocycles. The van der Waals surface area contributed by atoms with Gasteiger partial charge in [-0.2, -0.15) is 0 Å². The van der Waals surface area contributed by atoms with Crippen LogP contribution < -0.4 is 10.2 Å². The Labute approximate surface area is 125 Å². The Kier molecular flexibility index (Phi) is 4.50. The van der Waals surface area contributed by atoms with Gasteiger partial charge in [-0.15, -0.1) is 0 Å². The molecule has 0 bridgehead atoms. The fourth-order valence-corrected chi connectivity index (χ4v) is 2.19. The number of benzene rings is 1. The molecule has 1 fully saturated rings. The van der Waals surface area contributed by atoms with Crippen molar-refractivity contribution in [2.24, 2.45) is 0 Å². The number of hydrogen-bond acceptors (Lipinski definition) is 4. The maximum atomic E-state index is 11.7. The third-order valence-corrected chi connectivity index (χ3v) is 3.20. The maximum absolute atomic E-state index is 11.7. The lowest BCUT2D eigenvalue weighted by molar-refractivity contribution is -0.119. The van der Waals surface area contributed by atoms with E-state index in [1.165, 1.54) is 0 Å². The molecule has 0 saturated carbocycles. The number of piperidine rings is 1. The van der Waals surface area contributed by atoms with Crippen molar-refractivity contribution < 1.29 is 14.3 Å². The highest BCUT2D eigenvalue weighted by molar-refractivity contribution is 5.85. The van der Waals surface area contributed by atoms with Gasteiger partial charge in [-0.05, 0) is 45.0 Å². The number of rotatable bonds is 2. The highest BCUT2D eigenvalue weighted by atomic mass is 16.6. The van der Waals surface area contributed by atoms with Gasteiger partial charge in [-0.25, -0.2) is 4.79 Å². The van der Waals surface area contributed by atoms with Crippen molar-refractivity contribution in [2.45, 2.75) is 39.2 Å². The van der Waals surface area contributed by atoms with E-state index in [9.17, 15) is 9.59 Å². The minimum atomic E-state index is -0.510. The number of ether oxygens (including phenoxy) is 1. The molecule has 5 heteroatoms. The van der Waals surface area contributed by atoms with Gasteiger partial charge in [-0.3, -0.25) is 10.1 Å². The molecule has 2 rings (SSSR count). The minimum Gasteiger partial charge on any atom is -0.444 e. The first-order valence-corrected chi connectivity index (χ1v) is 7.20. The monoisotopic (exact) mass is 290 g/mol. The summed E-state index contributed by atoms with van der Waals surface area (Å²) in [5.41, 5.74) is 1.25. The van der Waals surface area contributed by atoms with Crippen LogP contribution in [0.1, 0.15) is 33.6 Å². The van der Waals surface area contributed by atoms with Crippen molar-refractivity contribution in [3.8, 4) is 0 Å². The molecule has 5 nitrogen and oxygen atoms in total. The van der Waals surface area contributed by atoms with Crippen molar-refractivity contribution in [3.63, 3.8) is 0 Å². The summed E-state index contributed by atoms with van der Waals surface area (Å²) in [7, 11) is 0. The normalized spacial score (nSPS) is 15.8. The van der Waals surface area contributed by atoms with Crippen molar-refractivity contribution in [2.75, 3.05) is 23.3 Å². The Hall–Kier alpha value is -2.04. The van der Waals surface area contributed by atoms with Crippen LogP contribution in [0.25, 0.3) is 0 Å². The van der Waals surface area contributed by atoms with E-state index in [1.54, 1.807) is 0 Å². The molecular formula is C16H22N2O3. The Morgan fingerprint density at radius 3 is 2.24 bits per heavy atom. The molecule has 1 aliphatic heterocycles. The molecule has 21 heavy (non-hydrogen) atoms. The second-order valence-electron chi connectivity index (χ2n) is 6.20. The number of carbonyl (C=O) groups excluding carboxylic acids is 2. The first-order valence-electron chi connectivity index (χ1n) is 7.20. The fourth-order valence-electron chi connectivity index (χ4n) is 2.19. The molecule has 0 aliphatic carbocycles. The van der Waals surface area contributed by atoms with E-state index in [0.29, 0.717) is 24.3 Å². The van der Waals surface area contributed by atoms with Crippen LogP contribution in [0.15, 0.2) is 24.3 Å². The zero-order valence-corrected chi connectivity index (χ0v) is 12.8. The Balaban J connectivity index is 1.93. The Morgan fingerprint density at radius 2 is 1.71 bits per heavy atom. The molecular weight excluding hydrogens is 268 g/mol. The summed E-state index contributed by atoms with van der Waals surface area (Å²) in [5, 5.41) is 2.70. The van der Waals surface area contributed by atoms with Gasteiger partial charge in [0.05, 0.1) is 0 Å². The number of amides is 1. The van der Waals surface area contributed by atoms with Crippen molar-refractivity contribution in [1.29, 1.82) is 0 Å². The van der Waals surface area contributed by atoms with Crippen LogP contribution >= 0.6 is 0 Å². The molecule has 1 aliphatic rings. The number of hydrogen-bond donors (Lipinski definition) is 1. The van der Waals surface area contributed by atoms with E-state index < -0.39 is 11.7 Å².